The van der Waals surface area contributed by atoms with Gasteiger partial charge in [-0.25, -0.2) is 4.79 Å². The molecule has 0 bridgehead atoms. The molecule has 1 aliphatic heterocycles. The van der Waals surface area contributed by atoms with Crippen LogP contribution in [0, 0.1) is 10.1 Å². The van der Waals surface area contributed by atoms with Crippen molar-refractivity contribution in [2.75, 3.05) is 43.1 Å². The molecule has 0 aromatic heterocycles. The van der Waals surface area contributed by atoms with Gasteiger partial charge in [0.2, 0.25) is 5.91 Å². The summed E-state index contributed by atoms with van der Waals surface area (Å²) < 4.78 is 10.5. The number of nitro benzene ring substituents is 1. The fourth-order valence-electron chi connectivity index (χ4n) is 3.20. The molecular weight excluding hydrogens is 438 g/mol. The Morgan fingerprint density at radius 2 is 2.00 bits per heavy atom. The number of esters is 1. The Bertz CT molecular complexity index is 1050. The smallest absolute Gasteiger partial charge is 0.340 e. The number of benzene rings is 2. The average molecular weight is 460 g/mol. The van der Waals surface area contributed by atoms with Crippen molar-refractivity contribution in [3.63, 3.8) is 0 Å². The molecule has 32 heavy (non-hydrogen) atoms. The van der Waals surface area contributed by atoms with Crippen molar-refractivity contribution >= 4 is 46.6 Å². The van der Waals surface area contributed by atoms with Crippen LogP contribution in [0.15, 0.2) is 42.5 Å². The lowest BCUT2D eigenvalue weighted by Gasteiger charge is -2.30. The minimum absolute atomic E-state index is 0.0171. The molecule has 3 rings (SSSR count). The second-order valence-corrected chi connectivity index (χ2v) is 7.25. The standard InChI is InChI=1S/C22H22ClN3O6/c1-2-32-22(28)17-14-16(5-7-19(17)25-9-11-31-12-10-25)24-21(27)8-4-15-3-6-18(23)20(13-15)26(29)30/h3-8,13-14H,2,9-12H2,1H3,(H,24,27). The number of halogens is 1. The van der Waals surface area contributed by atoms with Crippen LogP contribution in [0.1, 0.15) is 22.8 Å². The number of nitrogens with zero attached hydrogens (tertiary/aromatic N) is 2. The molecule has 1 aliphatic rings. The highest BCUT2D eigenvalue weighted by Crippen LogP contribution is 2.27. The molecule has 0 aliphatic carbocycles. The molecule has 0 saturated carbocycles. The zero-order chi connectivity index (χ0) is 23.1. The zero-order valence-electron chi connectivity index (χ0n) is 17.4. The van der Waals surface area contributed by atoms with Crippen molar-refractivity contribution in [3.05, 3.63) is 68.7 Å². The predicted molar refractivity (Wildman–Crippen MR) is 121 cm³/mol. The summed E-state index contributed by atoms with van der Waals surface area (Å²) in [5.41, 5.74) is 1.69. The van der Waals surface area contributed by atoms with Crippen molar-refractivity contribution in [2.45, 2.75) is 6.92 Å². The van der Waals surface area contributed by atoms with Gasteiger partial charge in [0.25, 0.3) is 5.69 Å². The second-order valence-electron chi connectivity index (χ2n) is 6.84. The fraction of sp³-hybridized carbons (Fsp3) is 0.273. The molecule has 2 aromatic rings. The lowest BCUT2D eigenvalue weighted by atomic mass is 10.1. The third kappa shape index (κ3) is 5.83. The number of nitrogens with one attached hydrogen (secondary N) is 1. The molecule has 0 spiro atoms. The number of morpholine rings is 1. The summed E-state index contributed by atoms with van der Waals surface area (Å²) >= 11 is 5.80. The van der Waals surface area contributed by atoms with E-state index in [1.54, 1.807) is 31.2 Å². The Hall–Kier alpha value is -3.43. The van der Waals surface area contributed by atoms with Crippen LogP contribution in [0.25, 0.3) is 6.08 Å². The van der Waals surface area contributed by atoms with Gasteiger partial charge in [0.15, 0.2) is 0 Å². The van der Waals surface area contributed by atoms with E-state index in [4.69, 9.17) is 21.1 Å². The van der Waals surface area contributed by atoms with Crippen LogP contribution in [0.3, 0.4) is 0 Å². The van der Waals surface area contributed by atoms with Gasteiger partial charge < -0.3 is 19.7 Å². The molecule has 10 heteroatoms. The molecule has 0 radical (unpaired) electrons. The van der Waals surface area contributed by atoms with Crippen LogP contribution < -0.4 is 10.2 Å². The summed E-state index contributed by atoms with van der Waals surface area (Å²) in [4.78, 5) is 37.3. The highest BCUT2D eigenvalue weighted by Gasteiger charge is 2.20. The van der Waals surface area contributed by atoms with Gasteiger partial charge in [-0.3, -0.25) is 14.9 Å². The first kappa shape index (κ1) is 23.2. The van der Waals surface area contributed by atoms with E-state index in [-0.39, 0.29) is 17.3 Å². The first-order chi connectivity index (χ1) is 15.4. The van der Waals surface area contributed by atoms with Gasteiger partial charge in [-0.2, -0.15) is 0 Å². The molecule has 0 atom stereocenters. The summed E-state index contributed by atoms with van der Waals surface area (Å²) in [7, 11) is 0. The van der Waals surface area contributed by atoms with Crippen molar-refractivity contribution < 1.29 is 24.0 Å². The molecule has 1 saturated heterocycles. The van der Waals surface area contributed by atoms with Gasteiger partial charge in [-0.15, -0.1) is 0 Å². The molecule has 1 fully saturated rings. The number of anilines is 2. The maximum absolute atomic E-state index is 12.5. The average Bonchev–Trinajstić information content (AvgIpc) is 2.79. The van der Waals surface area contributed by atoms with E-state index in [9.17, 15) is 19.7 Å². The van der Waals surface area contributed by atoms with Gasteiger partial charge in [-0.1, -0.05) is 17.7 Å². The van der Waals surface area contributed by atoms with Gasteiger partial charge in [-0.05, 0) is 42.8 Å². The normalized spacial score (nSPS) is 13.8. The van der Waals surface area contributed by atoms with Crippen LogP contribution in [-0.2, 0) is 14.3 Å². The van der Waals surface area contributed by atoms with Crippen molar-refractivity contribution in [2.24, 2.45) is 0 Å². The van der Waals surface area contributed by atoms with Crippen LogP contribution in [-0.4, -0.2) is 49.7 Å². The highest BCUT2D eigenvalue weighted by molar-refractivity contribution is 6.32. The minimum atomic E-state index is -0.591. The van der Waals surface area contributed by atoms with Gasteiger partial charge in [0.05, 0.1) is 36.0 Å². The number of nitro groups is 1. The van der Waals surface area contributed by atoms with Crippen LogP contribution in [0.5, 0.6) is 0 Å². The predicted octanol–water partition coefficient (Wildman–Crippen LogP) is 3.91. The van der Waals surface area contributed by atoms with Crippen LogP contribution in [0.2, 0.25) is 5.02 Å². The first-order valence-electron chi connectivity index (χ1n) is 9.96. The number of hydrogen-bond acceptors (Lipinski definition) is 7. The highest BCUT2D eigenvalue weighted by atomic mass is 35.5. The molecule has 9 nitrogen and oxygen atoms in total. The number of carbonyl (C=O) groups excluding carboxylic acids is 2. The largest absolute Gasteiger partial charge is 0.462 e. The monoisotopic (exact) mass is 459 g/mol. The summed E-state index contributed by atoms with van der Waals surface area (Å²) in [6.45, 7) is 4.38. The van der Waals surface area contributed by atoms with Crippen molar-refractivity contribution in [1.82, 2.24) is 0 Å². The quantitative estimate of drug-likeness (QED) is 0.289. The van der Waals surface area contributed by atoms with Gasteiger partial charge in [0.1, 0.15) is 5.02 Å². The van der Waals surface area contributed by atoms with E-state index in [2.05, 4.69) is 5.32 Å². The minimum Gasteiger partial charge on any atom is -0.462 e. The Morgan fingerprint density at radius 1 is 1.25 bits per heavy atom. The lowest BCUT2D eigenvalue weighted by Crippen LogP contribution is -2.37. The SMILES string of the molecule is CCOC(=O)c1cc(NC(=O)C=Cc2ccc(Cl)c([N+](=O)[O-])c2)ccc1N1CCOCC1. The molecule has 1 heterocycles. The Morgan fingerprint density at radius 3 is 2.69 bits per heavy atom. The summed E-state index contributed by atoms with van der Waals surface area (Å²) in [5, 5.41) is 13.7. The van der Waals surface area contributed by atoms with Gasteiger partial charge in [0, 0.05) is 30.9 Å². The van der Waals surface area contributed by atoms with E-state index < -0.39 is 16.8 Å². The number of amides is 1. The molecule has 1 N–H and O–H groups in total. The van der Waals surface area contributed by atoms with E-state index in [0.717, 1.165) is 0 Å². The maximum Gasteiger partial charge on any atom is 0.340 e. The summed E-state index contributed by atoms with van der Waals surface area (Å²) in [5.74, 6) is -0.939. The van der Waals surface area contributed by atoms with Crippen molar-refractivity contribution in [1.29, 1.82) is 0 Å². The van der Waals surface area contributed by atoms with E-state index in [1.165, 1.54) is 24.3 Å². The van der Waals surface area contributed by atoms with Crippen molar-refractivity contribution in [3.8, 4) is 0 Å². The lowest BCUT2D eigenvalue weighted by molar-refractivity contribution is -0.384. The van der Waals surface area contributed by atoms with E-state index in [1.807, 2.05) is 4.90 Å². The summed E-state index contributed by atoms with van der Waals surface area (Å²) in [6.07, 6.45) is 2.68. The molecular formula is C22H22ClN3O6. The maximum atomic E-state index is 12.5. The summed E-state index contributed by atoms with van der Waals surface area (Å²) in [6, 6.07) is 9.28. The second kappa shape index (κ2) is 10.7. The third-order valence-electron chi connectivity index (χ3n) is 4.71. The van der Waals surface area contributed by atoms with Crippen LogP contribution >= 0.6 is 11.6 Å². The number of hydrogen-bond donors (Lipinski definition) is 1. The Balaban J connectivity index is 1.77. The number of rotatable bonds is 7. The molecule has 1 amide bonds. The third-order valence-corrected chi connectivity index (χ3v) is 5.02. The Labute approximate surface area is 189 Å². The number of carbonyl (C=O) groups is 2. The molecule has 2 aromatic carbocycles. The molecule has 0 unspecified atom stereocenters. The van der Waals surface area contributed by atoms with E-state index >= 15 is 0 Å². The topological polar surface area (TPSA) is 111 Å². The molecule has 168 valence electrons. The Kier molecular flexibility index (Phi) is 7.80. The number of ether oxygens (including phenoxy) is 2. The zero-order valence-corrected chi connectivity index (χ0v) is 18.1. The fourth-order valence-corrected chi connectivity index (χ4v) is 3.38. The van der Waals surface area contributed by atoms with Crippen LogP contribution in [0.4, 0.5) is 17.1 Å². The van der Waals surface area contributed by atoms with E-state index in [0.29, 0.717) is 48.8 Å². The first-order valence-corrected chi connectivity index (χ1v) is 10.3. The van der Waals surface area contributed by atoms with Gasteiger partial charge >= 0.3 is 5.97 Å².